The Morgan fingerprint density at radius 1 is 0.295 bits per heavy atom. The van der Waals surface area contributed by atoms with Gasteiger partial charge in [0.1, 0.15) is 0 Å². The number of hydrogen-bond donors (Lipinski definition) is 0. The molecule has 284 valence electrons. The summed E-state index contributed by atoms with van der Waals surface area (Å²) in [6, 6.07) is 83.7. The minimum absolute atomic E-state index is 0.537. The van der Waals surface area contributed by atoms with E-state index in [-0.39, 0.29) is 0 Å². The van der Waals surface area contributed by atoms with Crippen LogP contribution in [-0.4, -0.2) is 9.97 Å². The van der Waals surface area contributed by atoms with Gasteiger partial charge in [-0.15, -0.1) is 0 Å². The Morgan fingerprint density at radius 2 is 0.803 bits per heavy atom. The Kier molecular flexibility index (Phi) is 8.11. The number of fused-ring (bicyclic) bond motifs is 7. The van der Waals surface area contributed by atoms with E-state index in [0.29, 0.717) is 5.82 Å². The highest BCUT2D eigenvalue weighted by Gasteiger charge is 2.47. The largest absolute Gasteiger partial charge is 0.228 e. The first-order valence-corrected chi connectivity index (χ1v) is 21.0. The van der Waals surface area contributed by atoms with E-state index in [4.69, 9.17) is 9.97 Å². The van der Waals surface area contributed by atoms with Gasteiger partial charge in [0.05, 0.1) is 16.8 Å². The monoisotopic (exact) mass is 774 g/mol. The summed E-state index contributed by atoms with van der Waals surface area (Å²) in [7, 11) is 0. The Morgan fingerprint density at radius 3 is 1.52 bits per heavy atom. The van der Waals surface area contributed by atoms with E-state index in [1.165, 1.54) is 66.1 Å². The van der Waals surface area contributed by atoms with Gasteiger partial charge in [0.2, 0.25) is 0 Å². The third-order valence-corrected chi connectivity index (χ3v) is 12.7. The van der Waals surface area contributed by atoms with Crippen molar-refractivity contribution in [1.82, 2.24) is 9.97 Å². The maximum absolute atomic E-state index is 5.33. The minimum atomic E-state index is -0.537. The van der Waals surface area contributed by atoms with Crippen LogP contribution in [-0.2, 0) is 5.41 Å². The molecule has 0 atom stereocenters. The molecule has 61 heavy (non-hydrogen) atoms. The van der Waals surface area contributed by atoms with Crippen molar-refractivity contribution in [3.8, 4) is 56.2 Å². The van der Waals surface area contributed by atoms with E-state index in [0.717, 1.165) is 38.9 Å². The van der Waals surface area contributed by atoms with Gasteiger partial charge in [-0.25, -0.2) is 9.97 Å². The van der Waals surface area contributed by atoms with Gasteiger partial charge in [0.15, 0.2) is 5.82 Å². The molecule has 0 N–H and O–H groups in total. The first kappa shape index (κ1) is 35.0. The van der Waals surface area contributed by atoms with Crippen LogP contribution in [0.5, 0.6) is 0 Å². The Bertz CT molecular complexity index is 3420. The molecular formula is C59H38N2. The van der Waals surface area contributed by atoms with Crippen LogP contribution in [0.1, 0.15) is 22.3 Å². The first-order chi connectivity index (χ1) is 30.2. The molecule has 11 aromatic rings. The first-order valence-electron chi connectivity index (χ1n) is 21.0. The molecule has 0 spiro atoms. The quantitative estimate of drug-likeness (QED) is 0.168. The normalized spacial score (nSPS) is 12.7. The summed E-state index contributed by atoms with van der Waals surface area (Å²) in [4.78, 5) is 10.6. The second kappa shape index (κ2) is 14.1. The molecule has 0 radical (unpaired) electrons. The molecule has 1 heterocycles. The molecule has 2 heteroatoms. The van der Waals surface area contributed by atoms with E-state index < -0.39 is 5.41 Å². The van der Waals surface area contributed by atoms with E-state index in [2.05, 4.69) is 224 Å². The topological polar surface area (TPSA) is 25.8 Å². The summed E-state index contributed by atoms with van der Waals surface area (Å²) in [5.41, 5.74) is 14.4. The van der Waals surface area contributed by atoms with Crippen LogP contribution in [0.2, 0.25) is 0 Å². The van der Waals surface area contributed by atoms with Crippen molar-refractivity contribution in [1.29, 1.82) is 0 Å². The van der Waals surface area contributed by atoms with Crippen LogP contribution in [0, 0.1) is 0 Å². The molecule has 0 saturated carbocycles. The van der Waals surface area contributed by atoms with Crippen LogP contribution < -0.4 is 0 Å². The van der Waals surface area contributed by atoms with Crippen molar-refractivity contribution in [3.63, 3.8) is 0 Å². The van der Waals surface area contributed by atoms with Gasteiger partial charge in [-0.2, -0.15) is 0 Å². The fourth-order valence-electron chi connectivity index (χ4n) is 10.0. The Hall–Kier alpha value is -7.94. The van der Waals surface area contributed by atoms with Gasteiger partial charge in [0.25, 0.3) is 0 Å². The summed E-state index contributed by atoms with van der Waals surface area (Å²) >= 11 is 0. The number of nitrogens with zero attached hydrogens (tertiary/aromatic N) is 2. The molecule has 2 nitrogen and oxygen atoms in total. The number of benzene rings is 10. The second-order valence-corrected chi connectivity index (χ2v) is 16.0. The minimum Gasteiger partial charge on any atom is -0.228 e. The lowest BCUT2D eigenvalue weighted by atomic mass is 9.66. The smallest absolute Gasteiger partial charge is 0.161 e. The van der Waals surface area contributed by atoms with Gasteiger partial charge >= 0.3 is 0 Å². The SMILES string of the molecule is c1ccc(-c2cc(-c3ccc4ccccc4c3)nc(-c3ccc(-c4ccc5c(c4)C(c4ccccc4)(c4ccccc4)c4c-5ccc5ccccc45)c4ccccc34)n2)cc1. The fraction of sp³-hybridized carbons (Fsp3) is 0.0169. The molecule has 0 fully saturated rings. The second-order valence-electron chi connectivity index (χ2n) is 16.0. The lowest BCUT2D eigenvalue weighted by Gasteiger charge is -2.35. The van der Waals surface area contributed by atoms with Crippen molar-refractivity contribution in [2.75, 3.05) is 0 Å². The van der Waals surface area contributed by atoms with Gasteiger partial charge in [-0.1, -0.05) is 206 Å². The summed E-state index contributed by atoms with van der Waals surface area (Å²) in [6.07, 6.45) is 0. The van der Waals surface area contributed by atoms with Gasteiger partial charge < -0.3 is 0 Å². The van der Waals surface area contributed by atoms with E-state index in [1.54, 1.807) is 0 Å². The molecule has 1 aromatic heterocycles. The van der Waals surface area contributed by atoms with Gasteiger partial charge in [0, 0.05) is 16.7 Å². The predicted molar refractivity (Wildman–Crippen MR) is 254 cm³/mol. The fourth-order valence-corrected chi connectivity index (χ4v) is 10.0. The van der Waals surface area contributed by atoms with Crippen molar-refractivity contribution in [3.05, 3.63) is 253 Å². The number of hydrogen-bond acceptors (Lipinski definition) is 2. The summed E-state index contributed by atoms with van der Waals surface area (Å²) in [5, 5.41) is 7.19. The zero-order valence-electron chi connectivity index (χ0n) is 33.3. The van der Waals surface area contributed by atoms with Crippen LogP contribution in [0.4, 0.5) is 0 Å². The maximum Gasteiger partial charge on any atom is 0.161 e. The highest BCUT2D eigenvalue weighted by Crippen LogP contribution is 2.58. The third-order valence-electron chi connectivity index (χ3n) is 12.7. The highest BCUT2D eigenvalue weighted by atomic mass is 14.9. The molecule has 1 aliphatic rings. The average molecular weight is 775 g/mol. The maximum atomic E-state index is 5.33. The van der Waals surface area contributed by atoms with E-state index in [9.17, 15) is 0 Å². The Balaban J connectivity index is 1.07. The van der Waals surface area contributed by atoms with E-state index in [1.807, 2.05) is 6.07 Å². The van der Waals surface area contributed by atoms with Crippen molar-refractivity contribution in [2.45, 2.75) is 5.41 Å². The third kappa shape index (κ3) is 5.57. The number of rotatable bonds is 6. The summed E-state index contributed by atoms with van der Waals surface area (Å²) in [5.74, 6) is 0.704. The molecule has 0 bridgehead atoms. The van der Waals surface area contributed by atoms with Crippen molar-refractivity contribution < 1.29 is 0 Å². The van der Waals surface area contributed by atoms with Crippen LogP contribution >= 0.6 is 0 Å². The molecule has 0 unspecified atom stereocenters. The zero-order chi connectivity index (χ0) is 40.3. The molecule has 1 aliphatic carbocycles. The molecule has 0 amide bonds. The molecule has 10 aromatic carbocycles. The van der Waals surface area contributed by atoms with Crippen LogP contribution in [0.25, 0.3) is 88.5 Å². The Labute approximate surface area is 355 Å². The highest BCUT2D eigenvalue weighted by molar-refractivity contribution is 6.06. The molecule has 0 saturated heterocycles. The summed E-state index contributed by atoms with van der Waals surface area (Å²) in [6.45, 7) is 0. The lowest BCUT2D eigenvalue weighted by molar-refractivity contribution is 0.776. The predicted octanol–water partition coefficient (Wildman–Crippen LogP) is 15.0. The van der Waals surface area contributed by atoms with Crippen LogP contribution in [0.15, 0.2) is 231 Å². The molecule has 12 rings (SSSR count). The summed E-state index contributed by atoms with van der Waals surface area (Å²) < 4.78 is 0. The average Bonchev–Trinajstić information content (AvgIpc) is 3.65. The number of aromatic nitrogens is 2. The standard InChI is InChI=1S/C59H38N2/c1-4-18-41(19-5-1)55-38-56(44-29-28-39-16-10-11-20-42(39)36-44)61-58(60-55)53-35-34-47(49-26-14-15-27-50(49)53)43-31-32-51-52-33-30-40-17-12-13-25-48(40)57(52)59(54(51)37-43,45-21-6-2-7-22-45)46-23-8-3-9-24-46/h1-38H. The molecular weight excluding hydrogens is 737 g/mol. The van der Waals surface area contributed by atoms with Crippen LogP contribution in [0.3, 0.4) is 0 Å². The zero-order valence-corrected chi connectivity index (χ0v) is 33.3. The van der Waals surface area contributed by atoms with Crippen molar-refractivity contribution >= 4 is 32.3 Å². The van der Waals surface area contributed by atoms with Gasteiger partial charge in [-0.05, 0) is 101 Å². The lowest BCUT2D eigenvalue weighted by Crippen LogP contribution is -2.28. The van der Waals surface area contributed by atoms with Crippen molar-refractivity contribution in [2.24, 2.45) is 0 Å². The molecule has 0 aliphatic heterocycles. The van der Waals surface area contributed by atoms with E-state index >= 15 is 0 Å². The van der Waals surface area contributed by atoms with Gasteiger partial charge in [-0.3, -0.25) is 0 Å².